The van der Waals surface area contributed by atoms with Gasteiger partial charge in [-0.25, -0.2) is 0 Å². The van der Waals surface area contributed by atoms with Gasteiger partial charge in [-0.05, 0) is 48.5 Å². The molecule has 16 heavy (non-hydrogen) atoms. The van der Waals surface area contributed by atoms with Crippen molar-refractivity contribution in [2.75, 3.05) is 0 Å². The van der Waals surface area contributed by atoms with E-state index in [1.54, 1.807) is 5.57 Å². The van der Waals surface area contributed by atoms with E-state index >= 15 is 0 Å². The van der Waals surface area contributed by atoms with Crippen molar-refractivity contribution < 1.29 is 5.11 Å². The van der Waals surface area contributed by atoms with E-state index in [2.05, 4.69) is 33.4 Å². The van der Waals surface area contributed by atoms with Crippen molar-refractivity contribution in [1.29, 1.82) is 0 Å². The molecule has 0 heterocycles. The quantitative estimate of drug-likeness (QED) is 0.668. The zero-order chi connectivity index (χ0) is 11.9. The fourth-order valence-electron chi connectivity index (χ4n) is 3.28. The van der Waals surface area contributed by atoms with Crippen LogP contribution in [0.4, 0.5) is 0 Å². The van der Waals surface area contributed by atoms with Gasteiger partial charge in [-0.2, -0.15) is 0 Å². The first-order valence-corrected chi connectivity index (χ1v) is 6.50. The second-order valence-electron chi connectivity index (χ2n) is 6.18. The van der Waals surface area contributed by atoms with Gasteiger partial charge >= 0.3 is 0 Å². The van der Waals surface area contributed by atoms with Gasteiger partial charge in [0.1, 0.15) is 0 Å². The van der Waals surface area contributed by atoms with Crippen LogP contribution >= 0.6 is 0 Å². The lowest BCUT2D eigenvalue weighted by Gasteiger charge is -2.47. The molecule has 2 aliphatic carbocycles. The first kappa shape index (κ1) is 11.9. The minimum atomic E-state index is -0.260. The van der Waals surface area contributed by atoms with Crippen molar-refractivity contribution in [2.24, 2.45) is 17.3 Å². The number of fused-ring (bicyclic) bond motifs is 1. The molecular formula is C15H24O. The highest BCUT2D eigenvalue weighted by atomic mass is 16.3. The van der Waals surface area contributed by atoms with Gasteiger partial charge in [-0.3, -0.25) is 0 Å². The molecule has 1 heteroatoms. The van der Waals surface area contributed by atoms with Crippen LogP contribution in [0.15, 0.2) is 23.8 Å². The van der Waals surface area contributed by atoms with E-state index in [0.29, 0.717) is 17.3 Å². The summed E-state index contributed by atoms with van der Waals surface area (Å²) < 4.78 is 0. The van der Waals surface area contributed by atoms with Crippen LogP contribution in [0.1, 0.15) is 46.5 Å². The van der Waals surface area contributed by atoms with Gasteiger partial charge < -0.3 is 5.11 Å². The van der Waals surface area contributed by atoms with Crippen LogP contribution in [0.5, 0.6) is 0 Å². The molecule has 0 spiro atoms. The average Bonchev–Trinajstić information content (AvgIpc) is 2.24. The Morgan fingerprint density at radius 3 is 2.81 bits per heavy atom. The van der Waals surface area contributed by atoms with Gasteiger partial charge in [0.25, 0.3) is 0 Å². The number of rotatable bonds is 1. The maximum absolute atomic E-state index is 9.94. The van der Waals surface area contributed by atoms with E-state index in [9.17, 15) is 5.11 Å². The number of aliphatic hydroxyl groups is 1. The lowest BCUT2D eigenvalue weighted by Crippen LogP contribution is -2.40. The molecule has 0 saturated heterocycles. The summed E-state index contributed by atoms with van der Waals surface area (Å²) in [6.45, 7) is 11.0. The molecule has 0 aromatic rings. The summed E-state index contributed by atoms with van der Waals surface area (Å²) in [6, 6.07) is 0. The predicted molar refractivity (Wildman–Crippen MR) is 68.1 cm³/mol. The van der Waals surface area contributed by atoms with Crippen LogP contribution in [-0.2, 0) is 0 Å². The molecule has 90 valence electrons. The Balaban J connectivity index is 2.25. The molecule has 2 rings (SSSR count). The van der Waals surface area contributed by atoms with Crippen molar-refractivity contribution in [1.82, 2.24) is 0 Å². The Labute approximate surface area is 99.3 Å². The first-order chi connectivity index (χ1) is 7.44. The van der Waals surface area contributed by atoms with Gasteiger partial charge in [0.05, 0.1) is 6.10 Å². The van der Waals surface area contributed by atoms with Crippen LogP contribution in [0.3, 0.4) is 0 Å². The third kappa shape index (κ3) is 1.86. The Hall–Kier alpha value is -0.560. The van der Waals surface area contributed by atoms with E-state index in [1.807, 2.05) is 0 Å². The number of allylic oxidation sites excluding steroid dienone is 2. The summed E-state index contributed by atoms with van der Waals surface area (Å²) >= 11 is 0. The molecule has 1 fully saturated rings. The first-order valence-electron chi connectivity index (χ1n) is 6.50. The highest BCUT2D eigenvalue weighted by Crippen LogP contribution is 2.52. The molecule has 0 aromatic carbocycles. The molecule has 0 radical (unpaired) electrons. The third-order valence-electron chi connectivity index (χ3n) is 4.72. The lowest BCUT2D eigenvalue weighted by molar-refractivity contribution is 0.0700. The summed E-state index contributed by atoms with van der Waals surface area (Å²) in [5.41, 5.74) is 2.99. The second-order valence-corrected chi connectivity index (χ2v) is 6.18. The molecule has 3 atom stereocenters. The molecule has 0 bridgehead atoms. The molecule has 1 N–H and O–H groups in total. The van der Waals surface area contributed by atoms with E-state index < -0.39 is 0 Å². The Kier molecular flexibility index (Phi) is 3.00. The zero-order valence-electron chi connectivity index (χ0n) is 10.8. The molecule has 1 unspecified atom stereocenters. The van der Waals surface area contributed by atoms with E-state index in [4.69, 9.17) is 0 Å². The van der Waals surface area contributed by atoms with Crippen molar-refractivity contribution in [2.45, 2.75) is 52.6 Å². The van der Waals surface area contributed by atoms with Gasteiger partial charge in [-0.1, -0.05) is 39.0 Å². The van der Waals surface area contributed by atoms with Crippen LogP contribution in [0, 0.1) is 17.3 Å². The topological polar surface area (TPSA) is 20.2 Å². The highest BCUT2D eigenvalue weighted by Gasteiger charge is 2.43. The van der Waals surface area contributed by atoms with Crippen molar-refractivity contribution in [3.63, 3.8) is 0 Å². The molecule has 0 aromatic heterocycles. The summed E-state index contributed by atoms with van der Waals surface area (Å²) in [6.07, 6.45) is 6.49. The van der Waals surface area contributed by atoms with E-state index in [0.717, 1.165) is 31.3 Å². The largest absolute Gasteiger partial charge is 0.389 e. The molecule has 1 nitrogen and oxygen atoms in total. The Bertz CT molecular complexity index is 326. The normalized spacial score (nSPS) is 39.6. The van der Waals surface area contributed by atoms with Crippen LogP contribution < -0.4 is 0 Å². The fraction of sp³-hybridized carbons (Fsp3) is 0.733. The maximum atomic E-state index is 9.94. The molecule has 0 amide bonds. The van der Waals surface area contributed by atoms with Crippen molar-refractivity contribution >= 4 is 0 Å². The Morgan fingerprint density at radius 2 is 2.19 bits per heavy atom. The lowest BCUT2D eigenvalue weighted by atomic mass is 9.58. The maximum Gasteiger partial charge on any atom is 0.0750 e. The fourth-order valence-corrected chi connectivity index (χ4v) is 3.28. The molecule has 0 aliphatic heterocycles. The summed E-state index contributed by atoms with van der Waals surface area (Å²) in [7, 11) is 0. The smallest absolute Gasteiger partial charge is 0.0750 e. The third-order valence-corrected chi connectivity index (χ3v) is 4.72. The zero-order valence-corrected chi connectivity index (χ0v) is 10.8. The predicted octanol–water partition coefficient (Wildman–Crippen LogP) is 3.70. The highest BCUT2D eigenvalue weighted by molar-refractivity contribution is 5.24. The van der Waals surface area contributed by atoms with Crippen LogP contribution in [0.25, 0.3) is 0 Å². The van der Waals surface area contributed by atoms with E-state index in [1.165, 1.54) is 0 Å². The standard InChI is InChI=1S/C15H24O/c1-10(2)12-5-7-15(4)8-6-14(16)11(3)13(15)9-12/h5,10,13-14,16H,3,6-9H2,1-2,4H3/t13?,14-,15+/m0/s1. The van der Waals surface area contributed by atoms with Crippen molar-refractivity contribution in [3.05, 3.63) is 23.8 Å². The molecular weight excluding hydrogens is 196 g/mol. The van der Waals surface area contributed by atoms with Gasteiger partial charge in [0, 0.05) is 0 Å². The number of aliphatic hydroxyl groups excluding tert-OH is 1. The minimum Gasteiger partial charge on any atom is -0.389 e. The Morgan fingerprint density at radius 1 is 1.50 bits per heavy atom. The average molecular weight is 220 g/mol. The SMILES string of the molecule is C=C1C2CC(C(C)C)=CC[C@]2(C)CC[C@@H]1O. The molecule has 2 aliphatic rings. The summed E-state index contributed by atoms with van der Waals surface area (Å²) in [5.74, 6) is 1.13. The summed E-state index contributed by atoms with van der Waals surface area (Å²) in [5, 5.41) is 9.94. The minimum absolute atomic E-state index is 0.260. The van der Waals surface area contributed by atoms with Crippen LogP contribution in [-0.4, -0.2) is 11.2 Å². The number of hydrogen-bond acceptors (Lipinski definition) is 1. The van der Waals surface area contributed by atoms with E-state index in [-0.39, 0.29) is 6.10 Å². The number of hydrogen-bond donors (Lipinski definition) is 1. The second kappa shape index (κ2) is 4.03. The van der Waals surface area contributed by atoms with Gasteiger partial charge in [0.2, 0.25) is 0 Å². The van der Waals surface area contributed by atoms with Gasteiger partial charge in [-0.15, -0.1) is 0 Å². The summed E-state index contributed by atoms with van der Waals surface area (Å²) in [4.78, 5) is 0. The van der Waals surface area contributed by atoms with Gasteiger partial charge in [0.15, 0.2) is 0 Å². The van der Waals surface area contributed by atoms with Crippen LogP contribution in [0.2, 0.25) is 0 Å². The van der Waals surface area contributed by atoms with Crippen molar-refractivity contribution in [3.8, 4) is 0 Å². The molecule has 1 saturated carbocycles. The monoisotopic (exact) mass is 220 g/mol.